The van der Waals surface area contributed by atoms with E-state index in [-0.39, 0.29) is 17.9 Å². The minimum absolute atomic E-state index is 0.0481. The molecule has 162 valence electrons. The van der Waals surface area contributed by atoms with E-state index in [0.29, 0.717) is 18.0 Å². The molecule has 6 heteroatoms. The van der Waals surface area contributed by atoms with Crippen molar-refractivity contribution in [2.45, 2.75) is 59.1 Å². The number of likely N-dealkylation sites (tertiary alicyclic amines) is 1. The minimum Gasteiger partial charge on any atom is -0.376 e. The Morgan fingerprint density at radius 2 is 1.61 bits per heavy atom. The van der Waals surface area contributed by atoms with Gasteiger partial charge in [-0.05, 0) is 51.6 Å². The van der Waals surface area contributed by atoms with Crippen LogP contribution in [0.5, 0.6) is 0 Å². The highest BCUT2D eigenvalue weighted by molar-refractivity contribution is 5.77. The molecule has 1 spiro atoms. The Morgan fingerprint density at radius 1 is 1.00 bits per heavy atom. The molecule has 1 amide bonds. The van der Waals surface area contributed by atoms with Gasteiger partial charge in [0, 0.05) is 57.8 Å². The minimum atomic E-state index is 0.0481. The molecule has 28 heavy (non-hydrogen) atoms. The summed E-state index contributed by atoms with van der Waals surface area (Å²) in [6.45, 7) is 19.7. The lowest BCUT2D eigenvalue weighted by molar-refractivity contribution is -0.124. The van der Waals surface area contributed by atoms with Gasteiger partial charge in [-0.25, -0.2) is 0 Å². The first-order valence-corrected chi connectivity index (χ1v) is 11.4. The van der Waals surface area contributed by atoms with E-state index in [1.807, 2.05) is 13.8 Å². The van der Waals surface area contributed by atoms with Gasteiger partial charge in [0.15, 0.2) is 0 Å². The van der Waals surface area contributed by atoms with E-state index in [9.17, 15) is 4.79 Å². The quantitative estimate of drug-likeness (QED) is 0.712. The van der Waals surface area contributed by atoms with Crippen LogP contribution in [-0.4, -0.2) is 98.3 Å². The van der Waals surface area contributed by atoms with Gasteiger partial charge in [0.1, 0.15) is 0 Å². The zero-order chi connectivity index (χ0) is 20.1. The molecule has 0 bridgehead atoms. The third-order valence-electron chi connectivity index (χ3n) is 7.10. The van der Waals surface area contributed by atoms with Gasteiger partial charge in [0.25, 0.3) is 0 Å². The van der Waals surface area contributed by atoms with Crippen LogP contribution in [0, 0.1) is 11.3 Å². The predicted octanol–water partition coefficient (Wildman–Crippen LogP) is 1.66. The zero-order valence-corrected chi connectivity index (χ0v) is 18.6. The topological polar surface area (TPSA) is 48.1 Å². The second-order valence-electron chi connectivity index (χ2n) is 9.85. The van der Waals surface area contributed by atoms with Gasteiger partial charge < -0.3 is 15.0 Å². The Hall–Kier alpha value is -0.690. The van der Waals surface area contributed by atoms with Crippen LogP contribution >= 0.6 is 0 Å². The lowest BCUT2D eigenvalue weighted by Crippen LogP contribution is -2.51. The third kappa shape index (κ3) is 5.91. The number of ether oxygens (including phenoxy) is 1. The van der Waals surface area contributed by atoms with Gasteiger partial charge in [-0.15, -0.1) is 0 Å². The molecule has 3 heterocycles. The van der Waals surface area contributed by atoms with Gasteiger partial charge in [-0.2, -0.15) is 0 Å². The Labute approximate surface area is 171 Å². The van der Waals surface area contributed by atoms with Crippen molar-refractivity contribution < 1.29 is 9.53 Å². The van der Waals surface area contributed by atoms with Crippen molar-refractivity contribution in [3.05, 3.63) is 0 Å². The number of hydrogen-bond acceptors (Lipinski definition) is 5. The normalized spacial score (nSPS) is 27.1. The Morgan fingerprint density at radius 3 is 2.18 bits per heavy atom. The van der Waals surface area contributed by atoms with E-state index < -0.39 is 0 Å². The average molecular weight is 395 g/mol. The Bertz CT molecular complexity index is 495. The number of hydrogen-bond donors (Lipinski definition) is 1. The van der Waals surface area contributed by atoms with Crippen molar-refractivity contribution in [1.29, 1.82) is 0 Å². The molecule has 0 aromatic carbocycles. The number of amides is 1. The molecule has 3 saturated heterocycles. The molecular formula is C22H42N4O2. The van der Waals surface area contributed by atoms with Crippen molar-refractivity contribution in [2.75, 3.05) is 65.5 Å². The van der Waals surface area contributed by atoms with Gasteiger partial charge >= 0.3 is 0 Å². The summed E-state index contributed by atoms with van der Waals surface area (Å²) in [6, 6.07) is 0.677. The van der Waals surface area contributed by atoms with Gasteiger partial charge in [0.2, 0.25) is 5.91 Å². The van der Waals surface area contributed by atoms with Gasteiger partial charge in [0.05, 0.1) is 12.7 Å². The first kappa shape index (κ1) is 22.0. The van der Waals surface area contributed by atoms with E-state index in [4.69, 9.17) is 4.74 Å². The van der Waals surface area contributed by atoms with Crippen LogP contribution < -0.4 is 5.32 Å². The number of nitrogens with one attached hydrogen (secondary N) is 1. The van der Waals surface area contributed by atoms with Crippen LogP contribution in [0.2, 0.25) is 0 Å². The zero-order valence-electron chi connectivity index (χ0n) is 18.6. The molecule has 3 rings (SSSR count). The standard InChI is InChI=1S/C22H42N4O2/c1-18(2)21(27)23-16-20-15-22(17-28-20)5-7-24(8-6-22)9-10-25-11-13-26(14-12-25)19(3)4/h18-20H,5-17H2,1-4H3,(H,23,27). The molecule has 0 aromatic rings. The average Bonchev–Trinajstić information content (AvgIpc) is 3.08. The number of rotatable bonds is 7. The van der Waals surface area contributed by atoms with Gasteiger partial charge in [-0.1, -0.05) is 13.8 Å². The highest BCUT2D eigenvalue weighted by Gasteiger charge is 2.42. The molecule has 1 unspecified atom stereocenters. The van der Waals surface area contributed by atoms with Crippen molar-refractivity contribution >= 4 is 5.91 Å². The molecule has 6 nitrogen and oxygen atoms in total. The van der Waals surface area contributed by atoms with Crippen molar-refractivity contribution in [1.82, 2.24) is 20.0 Å². The van der Waals surface area contributed by atoms with Crippen LogP contribution in [0.4, 0.5) is 0 Å². The third-order valence-corrected chi connectivity index (χ3v) is 7.10. The van der Waals surface area contributed by atoms with Crippen LogP contribution in [0.3, 0.4) is 0 Å². The van der Waals surface area contributed by atoms with E-state index >= 15 is 0 Å². The predicted molar refractivity (Wildman–Crippen MR) is 113 cm³/mol. The van der Waals surface area contributed by atoms with Crippen LogP contribution in [0.15, 0.2) is 0 Å². The lowest BCUT2D eigenvalue weighted by Gasteiger charge is -2.41. The number of nitrogens with zero attached hydrogens (tertiary/aromatic N) is 3. The Balaban J connectivity index is 1.32. The molecule has 0 aromatic heterocycles. The summed E-state index contributed by atoms with van der Waals surface area (Å²) in [7, 11) is 0. The highest BCUT2D eigenvalue weighted by Crippen LogP contribution is 2.41. The molecule has 0 radical (unpaired) electrons. The molecule has 3 aliphatic heterocycles. The first-order valence-electron chi connectivity index (χ1n) is 11.4. The summed E-state index contributed by atoms with van der Waals surface area (Å²) in [6.07, 6.45) is 3.79. The lowest BCUT2D eigenvalue weighted by atomic mass is 9.76. The SMILES string of the molecule is CC(C)C(=O)NCC1CC2(CCN(CCN3CCN(C(C)C)CC3)CC2)CO1. The largest absolute Gasteiger partial charge is 0.376 e. The molecule has 3 fully saturated rings. The maximum absolute atomic E-state index is 11.8. The maximum atomic E-state index is 11.8. The molecule has 0 aliphatic carbocycles. The van der Waals surface area contributed by atoms with Crippen LogP contribution in [-0.2, 0) is 9.53 Å². The Kier molecular flexibility index (Phi) is 7.76. The molecular weight excluding hydrogens is 352 g/mol. The summed E-state index contributed by atoms with van der Waals surface area (Å²) in [5.74, 6) is 0.181. The second kappa shape index (κ2) is 9.88. The summed E-state index contributed by atoms with van der Waals surface area (Å²) < 4.78 is 6.05. The van der Waals surface area contributed by atoms with E-state index in [1.54, 1.807) is 0 Å². The number of piperazine rings is 1. The summed E-state index contributed by atoms with van der Waals surface area (Å²) >= 11 is 0. The van der Waals surface area contributed by atoms with Crippen LogP contribution in [0.25, 0.3) is 0 Å². The van der Waals surface area contributed by atoms with E-state index in [0.717, 1.165) is 13.0 Å². The number of carbonyl (C=O) groups excluding carboxylic acids is 1. The summed E-state index contributed by atoms with van der Waals surface area (Å²) in [4.78, 5) is 19.6. The number of carbonyl (C=O) groups is 1. The summed E-state index contributed by atoms with van der Waals surface area (Å²) in [5.41, 5.74) is 0.354. The van der Waals surface area contributed by atoms with Crippen LogP contribution in [0.1, 0.15) is 47.0 Å². The number of piperidine rings is 1. The fourth-order valence-corrected chi connectivity index (χ4v) is 4.83. The maximum Gasteiger partial charge on any atom is 0.222 e. The second-order valence-corrected chi connectivity index (χ2v) is 9.85. The van der Waals surface area contributed by atoms with E-state index in [2.05, 4.69) is 33.9 Å². The summed E-state index contributed by atoms with van der Waals surface area (Å²) in [5, 5.41) is 3.04. The molecule has 1 atom stereocenters. The van der Waals surface area contributed by atoms with Gasteiger partial charge in [-0.3, -0.25) is 14.6 Å². The smallest absolute Gasteiger partial charge is 0.222 e. The first-order chi connectivity index (χ1) is 13.4. The molecule has 1 N–H and O–H groups in total. The monoisotopic (exact) mass is 394 g/mol. The molecule has 3 aliphatic rings. The van der Waals surface area contributed by atoms with Crippen molar-refractivity contribution in [3.8, 4) is 0 Å². The fourth-order valence-electron chi connectivity index (χ4n) is 4.83. The molecule has 0 saturated carbocycles. The fraction of sp³-hybridized carbons (Fsp3) is 0.955. The van der Waals surface area contributed by atoms with Crippen molar-refractivity contribution in [3.63, 3.8) is 0 Å². The van der Waals surface area contributed by atoms with E-state index in [1.165, 1.54) is 65.2 Å². The highest BCUT2D eigenvalue weighted by atomic mass is 16.5. The van der Waals surface area contributed by atoms with Crippen molar-refractivity contribution in [2.24, 2.45) is 11.3 Å².